The van der Waals surface area contributed by atoms with Gasteiger partial charge in [-0.15, -0.1) is 0 Å². The maximum Gasteiger partial charge on any atom is 0.264 e. The van der Waals surface area contributed by atoms with Crippen LogP contribution < -0.4 is 9.62 Å². The van der Waals surface area contributed by atoms with Gasteiger partial charge >= 0.3 is 0 Å². The van der Waals surface area contributed by atoms with Gasteiger partial charge in [-0.05, 0) is 42.7 Å². The molecule has 2 amide bonds. The minimum Gasteiger partial charge on any atom is -0.354 e. The number of benzene rings is 3. The van der Waals surface area contributed by atoms with Gasteiger partial charge in [0.1, 0.15) is 12.6 Å². The average molecular weight is 577 g/mol. The number of sulfonamides is 1. The minimum absolute atomic E-state index is 0.00110. The van der Waals surface area contributed by atoms with Gasteiger partial charge in [0, 0.05) is 13.1 Å². The van der Waals surface area contributed by atoms with E-state index >= 15 is 0 Å². The monoisotopic (exact) mass is 575 g/mol. The second-order valence-corrected chi connectivity index (χ2v) is 11.9. The summed E-state index contributed by atoms with van der Waals surface area (Å²) in [6.07, 6.45) is 0. The first-order valence-corrected chi connectivity index (χ1v) is 14.3. The fourth-order valence-electron chi connectivity index (χ4n) is 3.73. The SMILES string of the molecule is CC(C)CNC(=O)[C@@H](C)N(Cc1ccccc1)C(=O)CN(c1cccc(Cl)c1Cl)S(=O)(=O)c1ccccc1. The molecule has 0 bridgehead atoms. The van der Waals surface area contributed by atoms with Crippen LogP contribution in [0.5, 0.6) is 0 Å². The van der Waals surface area contributed by atoms with Crippen molar-refractivity contribution in [2.45, 2.75) is 38.3 Å². The molecule has 0 radical (unpaired) electrons. The normalized spacial score (nSPS) is 12.2. The molecule has 0 saturated carbocycles. The van der Waals surface area contributed by atoms with Crippen molar-refractivity contribution < 1.29 is 18.0 Å². The third-order valence-corrected chi connectivity index (χ3v) is 8.44. The summed E-state index contributed by atoms with van der Waals surface area (Å²) < 4.78 is 28.5. The Morgan fingerprint density at radius 2 is 1.47 bits per heavy atom. The first-order valence-electron chi connectivity index (χ1n) is 12.1. The van der Waals surface area contributed by atoms with Gasteiger partial charge in [-0.3, -0.25) is 13.9 Å². The molecule has 1 N–H and O–H groups in total. The summed E-state index contributed by atoms with van der Waals surface area (Å²) in [5.41, 5.74) is 0.857. The fourth-order valence-corrected chi connectivity index (χ4v) is 5.63. The Bertz CT molecular complexity index is 1350. The fraction of sp³-hybridized carbons (Fsp3) is 0.286. The molecule has 38 heavy (non-hydrogen) atoms. The lowest BCUT2D eigenvalue weighted by Gasteiger charge is -2.32. The predicted molar refractivity (Wildman–Crippen MR) is 152 cm³/mol. The number of anilines is 1. The van der Waals surface area contributed by atoms with E-state index in [2.05, 4.69) is 5.32 Å². The number of rotatable bonds is 11. The summed E-state index contributed by atoms with van der Waals surface area (Å²) >= 11 is 12.6. The molecule has 202 valence electrons. The van der Waals surface area contributed by atoms with Crippen molar-refractivity contribution in [1.82, 2.24) is 10.2 Å². The zero-order chi connectivity index (χ0) is 27.9. The number of amides is 2. The summed E-state index contributed by atoms with van der Waals surface area (Å²) in [4.78, 5) is 28.2. The molecule has 0 spiro atoms. The van der Waals surface area contributed by atoms with E-state index in [0.717, 1.165) is 9.87 Å². The van der Waals surface area contributed by atoms with Gasteiger partial charge < -0.3 is 10.2 Å². The number of nitrogens with one attached hydrogen (secondary N) is 1. The molecule has 0 aliphatic rings. The smallest absolute Gasteiger partial charge is 0.264 e. The molecular weight excluding hydrogens is 545 g/mol. The van der Waals surface area contributed by atoms with Gasteiger partial charge in [0.05, 0.1) is 20.6 Å². The van der Waals surface area contributed by atoms with E-state index in [1.807, 2.05) is 44.2 Å². The lowest BCUT2D eigenvalue weighted by atomic mass is 10.1. The van der Waals surface area contributed by atoms with Crippen molar-refractivity contribution >= 4 is 50.7 Å². The lowest BCUT2D eigenvalue weighted by molar-refractivity contribution is -0.139. The molecule has 0 heterocycles. The molecule has 10 heteroatoms. The summed E-state index contributed by atoms with van der Waals surface area (Å²) in [6, 6.07) is 20.7. The predicted octanol–water partition coefficient (Wildman–Crippen LogP) is 5.38. The topological polar surface area (TPSA) is 86.8 Å². The number of nitrogens with zero attached hydrogens (tertiary/aromatic N) is 2. The van der Waals surface area contributed by atoms with Crippen molar-refractivity contribution in [3.05, 3.63) is 94.5 Å². The number of hydrogen-bond donors (Lipinski definition) is 1. The highest BCUT2D eigenvalue weighted by atomic mass is 35.5. The van der Waals surface area contributed by atoms with Crippen LogP contribution in [-0.4, -0.2) is 44.3 Å². The lowest BCUT2D eigenvalue weighted by Crippen LogP contribution is -2.51. The van der Waals surface area contributed by atoms with E-state index in [0.29, 0.717) is 6.54 Å². The summed E-state index contributed by atoms with van der Waals surface area (Å²) in [6.45, 7) is 5.53. The Morgan fingerprint density at radius 3 is 2.08 bits per heavy atom. The van der Waals surface area contributed by atoms with E-state index < -0.39 is 28.5 Å². The van der Waals surface area contributed by atoms with Gasteiger partial charge in [-0.1, -0.05) is 91.6 Å². The van der Waals surface area contributed by atoms with Crippen LogP contribution in [0.1, 0.15) is 26.3 Å². The van der Waals surface area contributed by atoms with Crippen LogP contribution in [-0.2, 0) is 26.2 Å². The van der Waals surface area contributed by atoms with E-state index in [1.165, 1.54) is 29.2 Å². The number of halogens is 2. The van der Waals surface area contributed by atoms with Crippen molar-refractivity contribution in [1.29, 1.82) is 0 Å². The number of hydrogen-bond acceptors (Lipinski definition) is 4. The third kappa shape index (κ3) is 7.28. The van der Waals surface area contributed by atoms with Crippen molar-refractivity contribution in [2.75, 3.05) is 17.4 Å². The molecule has 0 fully saturated rings. The second kappa shape index (κ2) is 13.1. The van der Waals surface area contributed by atoms with E-state index in [-0.39, 0.29) is 39.0 Å². The highest BCUT2D eigenvalue weighted by Crippen LogP contribution is 2.35. The molecule has 0 saturated heterocycles. The largest absolute Gasteiger partial charge is 0.354 e. The van der Waals surface area contributed by atoms with Crippen LogP contribution in [0.3, 0.4) is 0 Å². The van der Waals surface area contributed by atoms with Crippen LogP contribution in [0, 0.1) is 5.92 Å². The molecule has 0 aliphatic carbocycles. The van der Waals surface area contributed by atoms with Crippen LogP contribution in [0.25, 0.3) is 0 Å². The Morgan fingerprint density at radius 1 is 0.868 bits per heavy atom. The highest BCUT2D eigenvalue weighted by Gasteiger charge is 2.33. The van der Waals surface area contributed by atoms with Crippen LogP contribution in [0.2, 0.25) is 10.0 Å². The maximum absolute atomic E-state index is 13.9. The third-order valence-electron chi connectivity index (χ3n) is 5.86. The molecule has 3 aromatic rings. The van der Waals surface area contributed by atoms with Crippen LogP contribution in [0.4, 0.5) is 5.69 Å². The summed E-state index contributed by atoms with van der Waals surface area (Å²) in [5.74, 6) is -0.682. The van der Waals surface area contributed by atoms with Gasteiger partial charge in [-0.25, -0.2) is 8.42 Å². The Labute approximate surface area is 234 Å². The molecular formula is C28H31Cl2N3O4S. The van der Waals surface area contributed by atoms with Crippen LogP contribution in [0.15, 0.2) is 83.8 Å². The standard InChI is InChI=1S/C28H31Cl2N3O4S/c1-20(2)17-31-28(35)21(3)32(18-22-11-6-4-7-12-22)26(34)19-33(25-16-10-15-24(29)27(25)30)38(36,37)23-13-8-5-9-14-23/h4-16,20-21H,17-19H2,1-3H3,(H,31,35)/t21-/m1/s1. The molecule has 3 aromatic carbocycles. The number of carbonyl (C=O) groups is 2. The van der Waals surface area contributed by atoms with Gasteiger partial charge in [-0.2, -0.15) is 0 Å². The maximum atomic E-state index is 13.9. The number of carbonyl (C=O) groups excluding carboxylic acids is 2. The summed E-state index contributed by atoms with van der Waals surface area (Å²) in [5, 5.41) is 3.00. The molecule has 3 rings (SSSR count). The van der Waals surface area contributed by atoms with Gasteiger partial charge in [0.25, 0.3) is 10.0 Å². The highest BCUT2D eigenvalue weighted by molar-refractivity contribution is 7.92. The van der Waals surface area contributed by atoms with E-state index in [9.17, 15) is 18.0 Å². The average Bonchev–Trinajstić information content (AvgIpc) is 2.91. The Kier molecular flexibility index (Phi) is 10.2. The second-order valence-electron chi connectivity index (χ2n) is 9.22. The first-order chi connectivity index (χ1) is 18.0. The van der Waals surface area contributed by atoms with Crippen LogP contribution >= 0.6 is 23.2 Å². The van der Waals surface area contributed by atoms with Gasteiger partial charge in [0.15, 0.2) is 0 Å². The molecule has 0 unspecified atom stereocenters. The van der Waals surface area contributed by atoms with Gasteiger partial charge in [0.2, 0.25) is 11.8 Å². The molecule has 1 atom stereocenters. The molecule has 0 aliphatic heterocycles. The Hall–Kier alpha value is -3.07. The van der Waals surface area contributed by atoms with Crippen molar-refractivity contribution in [3.8, 4) is 0 Å². The van der Waals surface area contributed by atoms with E-state index in [4.69, 9.17) is 23.2 Å². The first kappa shape index (κ1) is 29.5. The molecule has 7 nitrogen and oxygen atoms in total. The minimum atomic E-state index is -4.22. The molecule has 0 aromatic heterocycles. The van der Waals surface area contributed by atoms with Crippen molar-refractivity contribution in [3.63, 3.8) is 0 Å². The Balaban J connectivity index is 2.03. The van der Waals surface area contributed by atoms with Crippen molar-refractivity contribution in [2.24, 2.45) is 5.92 Å². The summed E-state index contributed by atoms with van der Waals surface area (Å²) in [7, 11) is -4.22. The quantitative estimate of drug-likeness (QED) is 0.332. The zero-order valence-corrected chi connectivity index (χ0v) is 23.8. The zero-order valence-electron chi connectivity index (χ0n) is 21.5. The van der Waals surface area contributed by atoms with E-state index in [1.54, 1.807) is 31.2 Å².